The molecule has 244 valence electrons. The Morgan fingerprint density at radius 2 is 0.958 bits per heavy atom. The van der Waals surface area contributed by atoms with Crippen molar-refractivity contribution in [3.63, 3.8) is 0 Å². The van der Waals surface area contributed by atoms with Crippen LogP contribution in [0.4, 0.5) is 0 Å². The molecule has 48 heavy (non-hydrogen) atoms. The fourth-order valence-electron chi connectivity index (χ4n) is 7.32. The molecule has 0 bridgehead atoms. The van der Waals surface area contributed by atoms with Gasteiger partial charge in [-0.15, -0.1) is 22.7 Å². The lowest BCUT2D eigenvalue weighted by molar-refractivity contribution is 0.104. The van der Waals surface area contributed by atoms with E-state index in [-0.39, 0.29) is 5.78 Å². The summed E-state index contributed by atoms with van der Waals surface area (Å²) in [6, 6.07) is 29.2. The first-order valence-corrected chi connectivity index (χ1v) is 18.9. The summed E-state index contributed by atoms with van der Waals surface area (Å²) in [5.74, 6) is 1.77. The maximum atomic E-state index is 14.7. The second-order valence-electron chi connectivity index (χ2n) is 12.8. The van der Waals surface area contributed by atoms with E-state index in [1.807, 2.05) is 22.9 Å². The molecular formula is C41H40N2O3S2. The second kappa shape index (κ2) is 14.2. The Bertz CT molecular complexity index is 1910. The summed E-state index contributed by atoms with van der Waals surface area (Å²) in [7, 11) is 0. The standard InChI is InChI=1S/C41H40N2O3S2/c44-41(33-27-47-37-17-9-13-31(39(33)37)29-11-1-3-15-35(29)45-25-23-42-19-5-6-20-42)34-28-48-38-18-10-14-32(40(34)38)30-12-2-4-16-36(30)46-26-24-43-21-7-8-22-43/h1-4,9-18,27-28H,5-8,19-26H2. The molecule has 6 aromatic rings. The summed E-state index contributed by atoms with van der Waals surface area (Å²) < 4.78 is 15.0. The summed E-state index contributed by atoms with van der Waals surface area (Å²) in [5.41, 5.74) is 5.58. The molecule has 0 spiro atoms. The molecule has 0 amide bonds. The van der Waals surface area contributed by atoms with Crippen LogP contribution in [0.15, 0.2) is 95.7 Å². The molecule has 2 saturated heterocycles. The van der Waals surface area contributed by atoms with Gasteiger partial charge in [-0.1, -0.05) is 60.7 Å². The van der Waals surface area contributed by atoms with Crippen LogP contribution in [0.3, 0.4) is 0 Å². The first-order valence-electron chi connectivity index (χ1n) is 17.2. The summed E-state index contributed by atoms with van der Waals surface area (Å²) >= 11 is 3.26. The molecule has 4 heterocycles. The van der Waals surface area contributed by atoms with Gasteiger partial charge in [-0.3, -0.25) is 14.6 Å². The molecule has 0 atom stereocenters. The van der Waals surface area contributed by atoms with Crippen LogP contribution in [0.5, 0.6) is 11.5 Å². The fourth-order valence-corrected chi connectivity index (χ4v) is 9.25. The fraction of sp³-hybridized carbons (Fsp3) is 0.293. The van der Waals surface area contributed by atoms with Gasteiger partial charge in [-0.2, -0.15) is 0 Å². The lowest BCUT2D eigenvalue weighted by atomic mass is 9.93. The van der Waals surface area contributed by atoms with Gasteiger partial charge in [0.25, 0.3) is 0 Å². The third kappa shape index (κ3) is 6.28. The van der Waals surface area contributed by atoms with Crippen molar-refractivity contribution in [3.8, 4) is 33.8 Å². The van der Waals surface area contributed by atoms with Crippen LogP contribution in [0, 0.1) is 0 Å². The number of para-hydroxylation sites is 2. The first kappa shape index (κ1) is 31.3. The number of benzene rings is 4. The van der Waals surface area contributed by atoms with Gasteiger partial charge >= 0.3 is 0 Å². The van der Waals surface area contributed by atoms with Crippen molar-refractivity contribution in [1.82, 2.24) is 9.80 Å². The Labute approximate surface area is 290 Å². The van der Waals surface area contributed by atoms with Gasteiger partial charge in [-0.25, -0.2) is 0 Å². The monoisotopic (exact) mass is 672 g/mol. The van der Waals surface area contributed by atoms with E-state index in [9.17, 15) is 4.79 Å². The SMILES string of the molecule is O=C(c1csc2cccc(-c3ccccc3OCCN3CCCC3)c12)c1csc2cccc(-c3ccccc3OCCN3CCCC3)c12. The molecule has 2 aromatic heterocycles. The lowest BCUT2D eigenvalue weighted by Gasteiger charge is -2.17. The van der Waals surface area contributed by atoms with Crippen molar-refractivity contribution < 1.29 is 14.3 Å². The average molecular weight is 673 g/mol. The van der Waals surface area contributed by atoms with Crippen LogP contribution in [0.2, 0.25) is 0 Å². The summed E-state index contributed by atoms with van der Waals surface area (Å²) in [5, 5.41) is 6.06. The Kier molecular flexibility index (Phi) is 9.27. The molecule has 0 unspecified atom stereocenters. The van der Waals surface area contributed by atoms with Crippen LogP contribution >= 0.6 is 22.7 Å². The van der Waals surface area contributed by atoms with Crippen LogP contribution < -0.4 is 9.47 Å². The first-order chi connectivity index (χ1) is 23.7. The van der Waals surface area contributed by atoms with Crippen molar-refractivity contribution in [1.29, 1.82) is 0 Å². The van der Waals surface area contributed by atoms with Crippen molar-refractivity contribution in [2.75, 3.05) is 52.5 Å². The topological polar surface area (TPSA) is 42.0 Å². The highest BCUT2D eigenvalue weighted by Crippen LogP contribution is 2.43. The van der Waals surface area contributed by atoms with E-state index in [4.69, 9.17) is 9.47 Å². The Hall–Kier alpha value is -4.01. The van der Waals surface area contributed by atoms with Crippen LogP contribution in [-0.4, -0.2) is 68.1 Å². The molecule has 4 aromatic carbocycles. The zero-order valence-corrected chi connectivity index (χ0v) is 28.8. The van der Waals surface area contributed by atoms with E-state index in [1.54, 1.807) is 22.7 Å². The number of hydrogen-bond donors (Lipinski definition) is 0. The summed E-state index contributed by atoms with van der Waals surface area (Å²) in [6.07, 6.45) is 5.09. The molecule has 0 radical (unpaired) electrons. The van der Waals surface area contributed by atoms with Gasteiger partial charge in [0.2, 0.25) is 0 Å². The number of carbonyl (C=O) groups excluding carboxylic acids is 1. The molecule has 2 aliphatic heterocycles. The van der Waals surface area contributed by atoms with E-state index >= 15 is 0 Å². The molecule has 8 rings (SSSR count). The average Bonchev–Trinajstić information content (AvgIpc) is 3.96. The highest BCUT2D eigenvalue weighted by Gasteiger charge is 2.24. The number of ketones is 1. The molecule has 0 aliphatic carbocycles. The quantitative estimate of drug-likeness (QED) is 0.121. The van der Waals surface area contributed by atoms with Crippen molar-refractivity contribution in [2.45, 2.75) is 25.7 Å². The number of carbonyl (C=O) groups is 1. The van der Waals surface area contributed by atoms with Gasteiger partial charge in [-0.05, 0) is 87.3 Å². The van der Waals surface area contributed by atoms with Gasteiger partial charge in [0.1, 0.15) is 24.7 Å². The van der Waals surface area contributed by atoms with Crippen LogP contribution in [-0.2, 0) is 0 Å². The van der Waals surface area contributed by atoms with Crippen LogP contribution in [0.1, 0.15) is 41.6 Å². The maximum absolute atomic E-state index is 14.7. The van der Waals surface area contributed by atoms with Crippen molar-refractivity contribution >= 4 is 48.6 Å². The number of thiophene rings is 2. The molecule has 2 aliphatic rings. The third-order valence-corrected chi connectivity index (χ3v) is 11.7. The minimum absolute atomic E-state index is 0.0484. The zero-order valence-electron chi connectivity index (χ0n) is 27.2. The largest absolute Gasteiger partial charge is 0.492 e. The Morgan fingerprint density at radius 1 is 0.542 bits per heavy atom. The van der Waals surface area contributed by atoms with E-state index in [2.05, 4.69) is 82.6 Å². The van der Waals surface area contributed by atoms with Gasteiger partial charge < -0.3 is 9.47 Å². The van der Waals surface area contributed by atoms with Crippen molar-refractivity contribution in [3.05, 3.63) is 107 Å². The van der Waals surface area contributed by atoms with Gasteiger partial charge in [0.15, 0.2) is 5.78 Å². The molecule has 5 nitrogen and oxygen atoms in total. The zero-order chi connectivity index (χ0) is 32.3. The Balaban J connectivity index is 1.14. The maximum Gasteiger partial charge on any atom is 0.195 e. The van der Waals surface area contributed by atoms with Crippen LogP contribution in [0.25, 0.3) is 42.4 Å². The number of ether oxygens (including phenoxy) is 2. The van der Waals surface area contributed by atoms with Crippen molar-refractivity contribution in [2.24, 2.45) is 0 Å². The highest BCUT2D eigenvalue weighted by atomic mass is 32.1. The van der Waals surface area contributed by atoms with E-state index in [1.165, 1.54) is 25.7 Å². The molecular weight excluding hydrogens is 633 g/mol. The van der Waals surface area contributed by atoms with E-state index in [0.717, 1.165) is 104 Å². The highest BCUT2D eigenvalue weighted by molar-refractivity contribution is 7.18. The predicted molar refractivity (Wildman–Crippen MR) is 200 cm³/mol. The number of hydrogen-bond acceptors (Lipinski definition) is 7. The summed E-state index contributed by atoms with van der Waals surface area (Å²) in [6.45, 7) is 7.77. The molecule has 7 heteroatoms. The number of likely N-dealkylation sites (tertiary alicyclic amines) is 2. The number of rotatable bonds is 12. The Morgan fingerprint density at radius 3 is 1.42 bits per heavy atom. The summed E-state index contributed by atoms with van der Waals surface area (Å²) in [4.78, 5) is 19.7. The molecule has 0 N–H and O–H groups in total. The molecule has 2 fully saturated rings. The second-order valence-corrected chi connectivity index (χ2v) is 14.6. The van der Waals surface area contributed by atoms with E-state index < -0.39 is 0 Å². The third-order valence-electron chi connectivity index (χ3n) is 9.77. The smallest absolute Gasteiger partial charge is 0.195 e. The lowest BCUT2D eigenvalue weighted by Crippen LogP contribution is -2.25. The van der Waals surface area contributed by atoms with Gasteiger partial charge in [0.05, 0.1) is 0 Å². The number of fused-ring (bicyclic) bond motifs is 2. The normalized spacial score (nSPS) is 15.5. The molecule has 0 saturated carbocycles. The predicted octanol–water partition coefficient (Wildman–Crippen LogP) is 9.63. The number of nitrogens with zero attached hydrogens (tertiary/aromatic N) is 2. The van der Waals surface area contributed by atoms with E-state index in [0.29, 0.717) is 13.2 Å². The minimum atomic E-state index is 0.0484. The van der Waals surface area contributed by atoms with Gasteiger partial charge in [0, 0.05) is 66.3 Å². The minimum Gasteiger partial charge on any atom is -0.492 e.